The third-order valence-corrected chi connectivity index (χ3v) is 7.50. The Morgan fingerprint density at radius 1 is 1.09 bits per heavy atom. The van der Waals surface area contributed by atoms with E-state index in [0.29, 0.717) is 11.3 Å². The number of likely N-dealkylation sites (tertiary alicyclic amines) is 1. The predicted octanol–water partition coefficient (Wildman–Crippen LogP) is 5.19. The van der Waals surface area contributed by atoms with Gasteiger partial charge in [0.25, 0.3) is 0 Å². The minimum absolute atomic E-state index is 0.00163. The molecule has 0 radical (unpaired) electrons. The molecule has 1 aliphatic heterocycles. The van der Waals surface area contributed by atoms with Gasteiger partial charge < -0.3 is 19.8 Å². The molecule has 2 N–H and O–H groups in total. The lowest BCUT2D eigenvalue weighted by molar-refractivity contribution is -0.145. The molecular formula is C28H33FN2O3. The molecule has 2 aliphatic rings. The van der Waals surface area contributed by atoms with Gasteiger partial charge in [-0.05, 0) is 54.9 Å². The van der Waals surface area contributed by atoms with E-state index in [1.165, 1.54) is 12.5 Å². The number of aromatic amines is 1. The van der Waals surface area contributed by atoms with E-state index in [9.17, 15) is 14.0 Å². The molecule has 1 aliphatic carbocycles. The molecule has 1 saturated heterocycles. The van der Waals surface area contributed by atoms with Crippen molar-refractivity contribution in [3.63, 3.8) is 0 Å². The van der Waals surface area contributed by atoms with Gasteiger partial charge in [-0.25, -0.2) is 4.39 Å². The molecule has 5 rings (SSSR count). The van der Waals surface area contributed by atoms with E-state index < -0.39 is 0 Å². The fourth-order valence-corrected chi connectivity index (χ4v) is 5.98. The summed E-state index contributed by atoms with van der Waals surface area (Å²) in [5, 5.41) is 7.54. The van der Waals surface area contributed by atoms with Crippen LogP contribution in [0.4, 0.5) is 4.39 Å². The molecule has 4 atom stereocenters. The van der Waals surface area contributed by atoms with E-state index in [0.717, 1.165) is 62.1 Å². The maximum absolute atomic E-state index is 14.8. The zero-order valence-electron chi connectivity index (χ0n) is 19.6. The van der Waals surface area contributed by atoms with E-state index in [1.54, 1.807) is 6.07 Å². The maximum Gasteiger partial charge on any atom is 0.224 e. The van der Waals surface area contributed by atoms with Crippen LogP contribution in [0.1, 0.15) is 62.0 Å². The first-order chi connectivity index (χ1) is 16.7. The summed E-state index contributed by atoms with van der Waals surface area (Å²) >= 11 is 0. The zero-order valence-corrected chi connectivity index (χ0v) is 19.6. The van der Waals surface area contributed by atoms with Gasteiger partial charge in [0.05, 0.1) is 6.04 Å². The number of fused-ring (bicyclic) bond motifs is 2. The average molecular weight is 465 g/mol. The summed E-state index contributed by atoms with van der Waals surface area (Å²) in [4.78, 5) is 30.8. The van der Waals surface area contributed by atoms with Crippen LogP contribution in [0.15, 0.2) is 54.7 Å². The number of carbonyl (C=O) groups is 2. The van der Waals surface area contributed by atoms with Gasteiger partial charge in [0.15, 0.2) is 0 Å². The molecule has 1 aromatic heterocycles. The fraction of sp³-hybridized carbons (Fsp3) is 0.429. The number of aliphatic hydroxyl groups excluding tert-OH is 1. The molecule has 3 aromatic rings. The molecule has 2 aromatic carbocycles. The van der Waals surface area contributed by atoms with Crippen LogP contribution in [0.3, 0.4) is 0 Å². The Balaban J connectivity index is 0.00000133. The molecular weight excluding hydrogens is 431 g/mol. The fourth-order valence-electron chi connectivity index (χ4n) is 5.98. The van der Waals surface area contributed by atoms with Crippen molar-refractivity contribution < 1.29 is 19.1 Å². The maximum atomic E-state index is 14.8. The number of aromatic nitrogens is 1. The van der Waals surface area contributed by atoms with Crippen molar-refractivity contribution in [3.05, 3.63) is 71.7 Å². The van der Waals surface area contributed by atoms with Crippen LogP contribution in [-0.4, -0.2) is 46.4 Å². The largest absolute Gasteiger partial charge is 0.400 e. The number of hydrogen-bond donors (Lipinski definition) is 2. The zero-order chi connectivity index (χ0) is 24.1. The monoisotopic (exact) mass is 464 g/mol. The topological polar surface area (TPSA) is 73.4 Å². The first-order valence-corrected chi connectivity index (χ1v) is 12.2. The normalized spacial score (nSPS) is 22.9. The smallest absolute Gasteiger partial charge is 0.224 e. The number of amides is 1. The molecule has 4 unspecified atom stereocenters. The van der Waals surface area contributed by atoms with Crippen LogP contribution in [0, 0.1) is 11.7 Å². The minimum atomic E-state index is -0.349. The number of carbonyl (C=O) groups excluding carboxylic acids is 2. The Labute approximate surface area is 200 Å². The predicted molar refractivity (Wildman–Crippen MR) is 131 cm³/mol. The van der Waals surface area contributed by atoms with E-state index >= 15 is 0 Å². The second kappa shape index (κ2) is 11.0. The number of benzene rings is 2. The quantitative estimate of drug-likeness (QED) is 0.511. The Hall–Kier alpha value is -2.99. The highest BCUT2D eigenvalue weighted by atomic mass is 19.1. The average Bonchev–Trinajstić information content (AvgIpc) is 3.33. The summed E-state index contributed by atoms with van der Waals surface area (Å²) in [6, 6.07) is 14.6. The number of H-pyrrole nitrogens is 1. The first kappa shape index (κ1) is 24.1. The first-order valence-electron chi connectivity index (χ1n) is 12.2. The van der Waals surface area contributed by atoms with Crippen molar-refractivity contribution in [2.75, 3.05) is 7.11 Å². The number of hydrogen-bond acceptors (Lipinski definition) is 3. The van der Waals surface area contributed by atoms with Gasteiger partial charge in [-0.2, -0.15) is 0 Å². The van der Waals surface area contributed by atoms with Crippen LogP contribution >= 0.6 is 0 Å². The number of aldehydes is 1. The van der Waals surface area contributed by atoms with Crippen molar-refractivity contribution >= 4 is 23.1 Å². The summed E-state index contributed by atoms with van der Waals surface area (Å²) in [6.45, 7) is 0. The standard InChI is InChI=1S/C27H29FN2O2.CH4O/c28-23-10-6-11-24-27(23)22(16-29-24)21(18-7-2-1-3-8-18)15-26(32)30-20(17-31)14-13-19-9-4-5-12-25(19)30;1-2/h1-3,6-8,10-11,16-17,19-21,25,29H,4-5,9,12-15H2;2H,1H3. The van der Waals surface area contributed by atoms with Crippen LogP contribution in [0.2, 0.25) is 0 Å². The molecule has 0 bridgehead atoms. The molecule has 2 fully saturated rings. The molecule has 180 valence electrons. The van der Waals surface area contributed by atoms with Crippen molar-refractivity contribution in [3.8, 4) is 0 Å². The third kappa shape index (κ3) is 4.64. The molecule has 1 amide bonds. The summed E-state index contributed by atoms with van der Waals surface area (Å²) in [5.41, 5.74) is 2.49. The molecule has 1 saturated carbocycles. The second-order valence-corrected chi connectivity index (χ2v) is 9.27. The van der Waals surface area contributed by atoms with Crippen LogP contribution in [-0.2, 0) is 9.59 Å². The Kier molecular flexibility index (Phi) is 7.78. The minimum Gasteiger partial charge on any atom is -0.400 e. The number of nitrogens with zero attached hydrogens (tertiary/aromatic N) is 1. The van der Waals surface area contributed by atoms with E-state index in [4.69, 9.17) is 5.11 Å². The van der Waals surface area contributed by atoms with Crippen molar-refractivity contribution in [2.24, 2.45) is 5.92 Å². The van der Waals surface area contributed by atoms with E-state index in [-0.39, 0.29) is 36.1 Å². The van der Waals surface area contributed by atoms with Gasteiger partial charge in [-0.15, -0.1) is 0 Å². The van der Waals surface area contributed by atoms with E-state index in [2.05, 4.69) is 4.98 Å². The lowest BCUT2D eigenvalue weighted by Crippen LogP contribution is -2.55. The van der Waals surface area contributed by atoms with Gasteiger partial charge in [-0.3, -0.25) is 4.79 Å². The van der Waals surface area contributed by atoms with Crippen molar-refractivity contribution in [2.45, 2.75) is 62.9 Å². The van der Waals surface area contributed by atoms with Gasteiger partial charge in [0.2, 0.25) is 5.91 Å². The van der Waals surface area contributed by atoms with Gasteiger partial charge in [0, 0.05) is 42.6 Å². The Morgan fingerprint density at radius 3 is 2.62 bits per heavy atom. The number of aliphatic hydroxyl groups is 1. The highest BCUT2D eigenvalue weighted by Crippen LogP contribution is 2.40. The van der Waals surface area contributed by atoms with Crippen LogP contribution in [0.25, 0.3) is 10.9 Å². The third-order valence-electron chi connectivity index (χ3n) is 7.50. The molecule has 5 nitrogen and oxygen atoms in total. The van der Waals surface area contributed by atoms with E-state index in [1.807, 2.05) is 47.5 Å². The number of rotatable bonds is 5. The number of piperidine rings is 1. The van der Waals surface area contributed by atoms with Gasteiger partial charge in [0.1, 0.15) is 12.1 Å². The number of halogens is 1. The second-order valence-electron chi connectivity index (χ2n) is 9.27. The molecule has 2 heterocycles. The van der Waals surface area contributed by atoms with Crippen molar-refractivity contribution in [1.82, 2.24) is 9.88 Å². The summed E-state index contributed by atoms with van der Waals surface area (Å²) in [6.07, 6.45) is 9.18. The highest BCUT2D eigenvalue weighted by Gasteiger charge is 2.41. The molecule has 6 heteroatoms. The number of nitrogens with one attached hydrogen (secondary N) is 1. The molecule has 0 spiro atoms. The van der Waals surface area contributed by atoms with Gasteiger partial charge >= 0.3 is 0 Å². The highest BCUT2D eigenvalue weighted by molar-refractivity contribution is 5.87. The summed E-state index contributed by atoms with van der Waals surface area (Å²) in [5.74, 6) is -0.0864. The Morgan fingerprint density at radius 2 is 1.85 bits per heavy atom. The van der Waals surface area contributed by atoms with Crippen molar-refractivity contribution in [1.29, 1.82) is 0 Å². The van der Waals surface area contributed by atoms with Gasteiger partial charge in [-0.1, -0.05) is 49.2 Å². The lowest BCUT2D eigenvalue weighted by atomic mass is 9.76. The lowest BCUT2D eigenvalue weighted by Gasteiger charge is -2.47. The summed E-state index contributed by atoms with van der Waals surface area (Å²) < 4.78 is 14.8. The summed E-state index contributed by atoms with van der Waals surface area (Å²) in [7, 11) is 1.00. The van der Waals surface area contributed by atoms with Crippen LogP contribution < -0.4 is 0 Å². The Bertz CT molecular complexity index is 1110. The SMILES string of the molecule is CO.O=CC1CCC2CCCCC2N1C(=O)CC(c1ccccc1)c1c[nH]c2cccc(F)c12. The van der Waals surface area contributed by atoms with Crippen LogP contribution in [0.5, 0.6) is 0 Å². The molecule has 34 heavy (non-hydrogen) atoms.